The van der Waals surface area contributed by atoms with Gasteiger partial charge in [-0.2, -0.15) is 0 Å². The molecule has 0 spiro atoms. The number of rotatable bonds is 66. The lowest BCUT2D eigenvalue weighted by molar-refractivity contribution is -0.167. The van der Waals surface area contributed by atoms with Gasteiger partial charge in [0.2, 0.25) is 0 Å². The van der Waals surface area contributed by atoms with Crippen LogP contribution in [0.1, 0.15) is 374 Å². The molecule has 0 aliphatic rings. The molecule has 476 valence electrons. The molecule has 0 heterocycles. The Morgan fingerprint density at radius 3 is 0.756 bits per heavy atom. The highest BCUT2D eigenvalue weighted by atomic mass is 16.6. The molecule has 0 radical (unpaired) electrons. The second-order valence-corrected chi connectivity index (χ2v) is 24.1. The third kappa shape index (κ3) is 67.6. The van der Waals surface area contributed by atoms with Crippen LogP contribution in [0.25, 0.3) is 0 Å². The molecule has 0 amide bonds. The lowest BCUT2D eigenvalue weighted by atomic mass is 10.0. The van der Waals surface area contributed by atoms with Gasteiger partial charge in [0, 0.05) is 19.3 Å². The smallest absolute Gasteiger partial charge is 0.306 e. The Bertz CT molecular complexity index is 1500. The van der Waals surface area contributed by atoms with Crippen LogP contribution in [-0.4, -0.2) is 37.2 Å². The van der Waals surface area contributed by atoms with Gasteiger partial charge < -0.3 is 14.2 Å². The summed E-state index contributed by atoms with van der Waals surface area (Å²) in [4.78, 5) is 38.5. The van der Waals surface area contributed by atoms with Crippen molar-refractivity contribution >= 4 is 17.9 Å². The summed E-state index contributed by atoms with van der Waals surface area (Å²) < 4.78 is 17.0. The molecule has 0 N–H and O–H groups in total. The molecule has 0 fully saturated rings. The van der Waals surface area contributed by atoms with Crippen LogP contribution >= 0.6 is 0 Å². The van der Waals surface area contributed by atoms with Crippen LogP contribution in [-0.2, 0) is 28.6 Å². The van der Waals surface area contributed by atoms with Crippen molar-refractivity contribution in [2.75, 3.05) is 13.2 Å². The van der Waals surface area contributed by atoms with Gasteiger partial charge in [0.15, 0.2) is 6.10 Å². The first-order valence-electron chi connectivity index (χ1n) is 35.9. The third-order valence-electron chi connectivity index (χ3n) is 15.9. The van der Waals surface area contributed by atoms with Crippen molar-refractivity contribution in [3.63, 3.8) is 0 Å². The van der Waals surface area contributed by atoms with Crippen molar-refractivity contribution < 1.29 is 28.6 Å². The molecule has 0 bridgehead atoms. The van der Waals surface area contributed by atoms with E-state index in [1.54, 1.807) is 0 Å². The van der Waals surface area contributed by atoms with Crippen LogP contribution in [0.4, 0.5) is 0 Å². The Hall–Kier alpha value is -3.15. The van der Waals surface area contributed by atoms with Crippen molar-refractivity contribution in [2.24, 2.45) is 0 Å². The molecule has 6 nitrogen and oxygen atoms in total. The van der Waals surface area contributed by atoms with E-state index in [-0.39, 0.29) is 31.1 Å². The standard InChI is InChI=1S/C76H136O6/c1-4-7-10-13-16-19-22-25-28-30-32-34-35-36-37-38-39-40-41-43-44-46-48-51-54-57-60-63-66-69-75(78)81-72-73(71-80-74(77)68-65-62-59-56-53-50-27-24-21-18-15-12-9-6-3)82-76(79)70-67-64-61-58-55-52-49-47-45-42-33-31-29-26-23-20-17-14-11-8-5-2/h7,10,16,19,24-25,27-28,32,34,36-37,73H,4-6,8-9,11-15,17-18,20-23,26,29-31,33,35,38-72H2,1-3H3/b10-7-,19-16-,27-24-,28-25-,34-32-,37-36-. The largest absolute Gasteiger partial charge is 0.462 e. The average Bonchev–Trinajstić information content (AvgIpc) is 3.47. The number of carbonyl (C=O) groups is 3. The number of allylic oxidation sites excluding steroid dienone is 12. The lowest BCUT2D eigenvalue weighted by Crippen LogP contribution is -2.30. The molecule has 0 saturated heterocycles. The van der Waals surface area contributed by atoms with Crippen molar-refractivity contribution in [3.05, 3.63) is 72.9 Å². The van der Waals surface area contributed by atoms with Crippen LogP contribution in [0.5, 0.6) is 0 Å². The van der Waals surface area contributed by atoms with Crippen molar-refractivity contribution in [2.45, 2.75) is 380 Å². The minimum absolute atomic E-state index is 0.0738. The summed E-state index contributed by atoms with van der Waals surface area (Å²) in [5, 5.41) is 0. The monoisotopic (exact) mass is 1150 g/mol. The molecule has 0 aromatic rings. The van der Waals surface area contributed by atoms with Crippen LogP contribution in [0.2, 0.25) is 0 Å². The van der Waals surface area contributed by atoms with Gasteiger partial charge in [0.25, 0.3) is 0 Å². The molecule has 0 aliphatic heterocycles. The first-order valence-corrected chi connectivity index (χ1v) is 35.9. The summed E-state index contributed by atoms with van der Waals surface area (Å²) in [5.74, 6) is -0.859. The minimum Gasteiger partial charge on any atom is -0.462 e. The SMILES string of the molecule is CC/C=C\C/C=C\C/C=C\C/C=C\C/C=C\CCCCCCCCCCCCCCCC(=O)OCC(COC(=O)CCCCCCC/C=C\CCCCCCC)OC(=O)CCCCCCCCCCCCCCCCCCCCCCC. The van der Waals surface area contributed by atoms with Crippen LogP contribution in [0, 0.1) is 0 Å². The molecular formula is C76H136O6. The predicted octanol–water partition coefficient (Wildman–Crippen LogP) is 24.8. The zero-order valence-electron chi connectivity index (χ0n) is 54.8. The van der Waals surface area contributed by atoms with E-state index < -0.39 is 6.10 Å². The quantitative estimate of drug-likeness (QED) is 0.0261. The maximum absolute atomic E-state index is 13.0. The van der Waals surface area contributed by atoms with E-state index in [0.29, 0.717) is 19.3 Å². The topological polar surface area (TPSA) is 78.9 Å². The lowest BCUT2D eigenvalue weighted by Gasteiger charge is -2.18. The summed E-state index contributed by atoms with van der Waals surface area (Å²) in [6.07, 6.45) is 92.2. The molecule has 0 rings (SSSR count). The normalized spacial score (nSPS) is 12.5. The average molecular weight is 1150 g/mol. The highest BCUT2D eigenvalue weighted by molar-refractivity contribution is 5.71. The number of carbonyl (C=O) groups excluding carboxylic acids is 3. The third-order valence-corrected chi connectivity index (χ3v) is 15.9. The van der Waals surface area contributed by atoms with Crippen molar-refractivity contribution in [1.29, 1.82) is 0 Å². The Balaban J connectivity index is 4.25. The Morgan fingerprint density at radius 1 is 0.256 bits per heavy atom. The zero-order valence-corrected chi connectivity index (χ0v) is 54.8. The molecular weight excluding hydrogens is 1010 g/mol. The predicted molar refractivity (Wildman–Crippen MR) is 358 cm³/mol. The number of hydrogen-bond acceptors (Lipinski definition) is 6. The van der Waals surface area contributed by atoms with Gasteiger partial charge >= 0.3 is 17.9 Å². The van der Waals surface area contributed by atoms with E-state index >= 15 is 0 Å². The molecule has 6 heteroatoms. The van der Waals surface area contributed by atoms with E-state index in [1.807, 2.05) is 0 Å². The zero-order chi connectivity index (χ0) is 59.2. The van der Waals surface area contributed by atoms with E-state index in [1.165, 1.54) is 238 Å². The molecule has 82 heavy (non-hydrogen) atoms. The second-order valence-electron chi connectivity index (χ2n) is 24.1. The van der Waals surface area contributed by atoms with Gasteiger partial charge in [-0.05, 0) is 89.9 Å². The van der Waals surface area contributed by atoms with Gasteiger partial charge in [-0.25, -0.2) is 0 Å². The van der Waals surface area contributed by atoms with Crippen LogP contribution in [0.15, 0.2) is 72.9 Å². The van der Waals surface area contributed by atoms with Gasteiger partial charge in [0.1, 0.15) is 13.2 Å². The first-order chi connectivity index (χ1) is 40.5. The van der Waals surface area contributed by atoms with E-state index in [2.05, 4.69) is 93.7 Å². The van der Waals surface area contributed by atoms with Gasteiger partial charge in [0.05, 0.1) is 0 Å². The van der Waals surface area contributed by atoms with Crippen molar-refractivity contribution in [1.82, 2.24) is 0 Å². The fourth-order valence-electron chi connectivity index (χ4n) is 10.6. The Kier molecular flexibility index (Phi) is 67.6. The van der Waals surface area contributed by atoms with E-state index in [0.717, 1.165) is 96.3 Å². The minimum atomic E-state index is -0.778. The number of unbranched alkanes of at least 4 members (excludes halogenated alkanes) is 43. The summed E-state index contributed by atoms with van der Waals surface area (Å²) in [5.41, 5.74) is 0. The highest BCUT2D eigenvalue weighted by Crippen LogP contribution is 2.18. The highest BCUT2D eigenvalue weighted by Gasteiger charge is 2.19. The first kappa shape index (κ1) is 78.8. The van der Waals surface area contributed by atoms with Gasteiger partial charge in [-0.15, -0.1) is 0 Å². The molecule has 1 atom stereocenters. The summed E-state index contributed by atoms with van der Waals surface area (Å²) in [6.45, 7) is 6.57. The number of esters is 3. The fourth-order valence-corrected chi connectivity index (χ4v) is 10.6. The van der Waals surface area contributed by atoms with Gasteiger partial charge in [-0.1, -0.05) is 338 Å². The summed E-state index contributed by atoms with van der Waals surface area (Å²) in [7, 11) is 0. The van der Waals surface area contributed by atoms with E-state index in [9.17, 15) is 14.4 Å². The number of hydrogen-bond donors (Lipinski definition) is 0. The summed E-state index contributed by atoms with van der Waals surface area (Å²) >= 11 is 0. The van der Waals surface area contributed by atoms with Crippen LogP contribution < -0.4 is 0 Å². The van der Waals surface area contributed by atoms with E-state index in [4.69, 9.17) is 14.2 Å². The maximum Gasteiger partial charge on any atom is 0.306 e. The molecule has 0 aromatic heterocycles. The van der Waals surface area contributed by atoms with Crippen molar-refractivity contribution in [3.8, 4) is 0 Å². The second kappa shape index (κ2) is 70.3. The molecule has 0 aromatic carbocycles. The maximum atomic E-state index is 13.0. The number of ether oxygens (including phenoxy) is 3. The Labute approximate surface area is 510 Å². The van der Waals surface area contributed by atoms with Crippen LogP contribution in [0.3, 0.4) is 0 Å². The molecule has 0 aliphatic carbocycles. The Morgan fingerprint density at radius 2 is 0.476 bits per heavy atom. The molecule has 0 saturated carbocycles. The van der Waals surface area contributed by atoms with Gasteiger partial charge in [-0.3, -0.25) is 14.4 Å². The summed E-state index contributed by atoms with van der Waals surface area (Å²) in [6, 6.07) is 0. The fraction of sp³-hybridized carbons (Fsp3) is 0.803. The molecule has 1 unspecified atom stereocenters.